The van der Waals surface area contributed by atoms with E-state index >= 15 is 0 Å². The van der Waals surface area contributed by atoms with Crippen molar-refractivity contribution in [3.05, 3.63) is 28.9 Å². The van der Waals surface area contributed by atoms with Gasteiger partial charge < -0.3 is 10.6 Å². The van der Waals surface area contributed by atoms with Gasteiger partial charge in [-0.05, 0) is 32.1 Å². The molecule has 4 nitrogen and oxygen atoms in total. The second-order valence-electron chi connectivity index (χ2n) is 4.80. The molecule has 2 rings (SSSR count). The van der Waals surface area contributed by atoms with Gasteiger partial charge in [-0.1, -0.05) is 17.7 Å². The van der Waals surface area contributed by atoms with Crippen LogP contribution in [-0.4, -0.2) is 41.4 Å². The summed E-state index contributed by atoms with van der Waals surface area (Å²) in [7, 11) is 5.99. The largest absolute Gasteiger partial charge is 0.329 e. The molecule has 2 N–H and O–H groups in total. The fourth-order valence-corrected chi connectivity index (χ4v) is 2.41. The first-order valence-electron chi connectivity index (χ1n) is 6.00. The molecule has 0 fully saturated rings. The van der Waals surface area contributed by atoms with E-state index in [2.05, 4.69) is 22.1 Å². The molecule has 0 spiro atoms. The summed E-state index contributed by atoms with van der Waals surface area (Å²) in [5.74, 6) is 0. The minimum Gasteiger partial charge on any atom is -0.329 e. The maximum absolute atomic E-state index is 6.45. The first-order valence-corrected chi connectivity index (χ1v) is 6.38. The summed E-state index contributed by atoms with van der Waals surface area (Å²) >= 11 is 6.45. The van der Waals surface area contributed by atoms with Gasteiger partial charge in [0.15, 0.2) is 0 Å². The lowest BCUT2D eigenvalue weighted by atomic mass is 10.0. The van der Waals surface area contributed by atoms with E-state index in [0.29, 0.717) is 12.6 Å². The number of fused-ring (bicyclic) bond motifs is 1. The number of nitrogens with zero attached hydrogens (tertiary/aromatic N) is 3. The highest BCUT2D eigenvalue weighted by atomic mass is 35.5. The Balaban J connectivity index is 2.37. The third-order valence-electron chi connectivity index (χ3n) is 3.40. The van der Waals surface area contributed by atoms with E-state index in [1.165, 1.54) is 0 Å². The quantitative estimate of drug-likeness (QED) is 0.916. The molecule has 1 aromatic heterocycles. The Labute approximate surface area is 112 Å². The summed E-state index contributed by atoms with van der Waals surface area (Å²) in [5.41, 5.74) is 7.97. The highest BCUT2D eigenvalue weighted by molar-refractivity contribution is 6.36. The number of aromatic nitrogens is 2. The topological polar surface area (TPSA) is 47.1 Å². The molecule has 0 aliphatic heterocycles. The Morgan fingerprint density at radius 3 is 2.78 bits per heavy atom. The molecule has 0 aliphatic rings. The smallest absolute Gasteiger partial charge is 0.0694 e. The fourth-order valence-electron chi connectivity index (χ4n) is 2.13. The van der Waals surface area contributed by atoms with Gasteiger partial charge in [-0.2, -0.15) is 5.10 Å². The van der Waals surface area contributed by atoms with Crippen molar-refractivity contribution >= 4 is 22.5 Å². The Morgan fingerprint density at radius 1 is 1.44 bits per heavy atom. The van der Waals surface area contributed by atoms with Crippen LogP contribution in [0.15, 0.2) is 18.3 Å². The number of hydrogen-bond acceptors (Lipinski definition) is 3. The Bertz CT molecular complexity index is 547. The van der Waals surface area contributed by atoms with Crippen LogP contribution in [0.4, 0.5) is 0 Å². The van der Waals surface area contributed by atoms with Crippen molar-refractivity contribution in [2.75, 3.05) is 20.6 Å². The molecule has 0 bridgehead atoms. The molecular formula is C13H19ClN4. The maximum atomic E-state index is 6.45. The summed E-state index contributed by atoms with van der Waals surface area (Å²) in [6.45, 7) is 0.619. The molecule has 0 saturated carbocycles. The summed E-state index contributed by atoms with van der Waals surface area (Å²) in [6.07, 6.45) is 2.67. The predicted octanol–water partition coefficient (Wildman–Crippen LogP) is 1.66. The zero-order valence-electron chi connectivity index (χ0n) is 11.0. The molecule has 98 valence electrons. The standard InChI is InChI=1S/C13H19ClN4/c1-17(2)10(7-15)6-9-4-5-12-11(13(9)14)8-16-18(12)3/h4-5,8,10H,6-7,15H2,1-3H3. The first kappa shape index (κ1) is 13.3. The SMILES string of the molecule is CN(C)C(CN)Cc1ccc2c(cnn2C)c1Cl. The minimum atomic E-state index is 0.302. The van der Waals surface area contributed by atoms with E-state index in [9.17, 15) is 0 Å². The van der Waals surface area contributed by atoms with Crippen molar-refractivity contribution in [1.29, 1.82) is 0 Å². The van der Waals surface area contributed by atoms with E-state index in [1.807, 2.05) is 32.0 Å². The number of hydrogen-bond donors (Lipinski definition) is 1. The summed E-state index contributed by atoms with van der Waals surface area (Å²) in [4.78, 5) is 2.13. The first-order chi connectivity index (χ1) is 8.54. The lowest BCUT2D eigenvalue weighted by Gasteiger charge is -2.23. The molecule has 1 unspecified atom stereocenters. The number of rotatable bonds is 4. The van der Waals surface area contributed by atoms with Crippen LogP contribution in [0, 0.1) is 0 Å². The molecular weight excluding hydrogens is 248 g/mol. The molecule has 18 heavy (non-hydrogen) atoms. The Hall–Kier alpha value is -1.10. The average molecular weight is 267 g/mol. The Kier molecular flexibility index (Phi) is 3.90. The van der Waals surface area contributed by atoms with Crippen molar-refractivity contribution in [3.63, 3.8) is 0 Å². The highest BCUT2D eigenvalue weighted by Crippen LogP contribution is 2.28. The van der Waals surface area contributed by atoms with Gasteiger partial charge in [-0.3, -0.25) is 4.68 Å². The van der Waals surface area contributed by atoms with Crippen molar-refractivity contribution in [2.24, 2.45) is 12.8 Å². The number of nitrogens with two attached hydrogens (primary N) is 1. The third kappa shape index (κ3) is 2.36. The summed E-state index contributed by atoms with van der Waals surface area (Å²) < 4.78 is 1.83. The van der Waals surface area contributed by atoms with Gasteiger partial charge in [0.1, 0.15) is 0 Å². The molecule has 0 amide bonds. The molecule has 1 atom stereocenters. The van der Waals surface area contributed by atoms with Gasteiger partial charge in [0.2, 0.25) is 0 Å². The number of benzene rings is 1. The summed E-state index contributed by atoms with van der Waals surface area (Å²) in [5, 5.41) is 6.03. The lowest BCUT2D eigenvalue weighted by Crippen LogP contribution is -2.36. The second kappa shape index (κ2) is 5.26. The van der Waals surface area contributed by atoms with Gasteiger partial charge >= 0.3 is 0 Å². The highest BCUT2D eigenvalue weighted by Gasteiger charge is 2.14. The van der Waals surface area contributed by atoms with E-state index in [0.717, 1.165) is 27.9 Å². The third-order valence-corrected chi connectivity index (χ3v) is 3.85. The van der Waals surface area contributed by atoms with Gasteiger partial charge in [0, 0.05) is 25.0 Å². The molecule has 0 radical (unpaired) electrons. The fraction of sp³-hybridized carbons (Fsp3) is 0.462. The van der Waals surface area contributed by atoms with Crippen LogP contribution in [-0.2, 0) is 13.5 Å². The van der Waals surface area contributed by atoms with Crippen molar-refractivity contribution in [1.82, 2.24) is 14.7 Å². The zero-order valence-corrected chi connectivity index (χ0v) is 11.8. The van der Waals surface area contributed by atoms with Crippen LogP contribution in [0.1, 0.15) is 5.56 Å². The van der Waals surface area contributed by atoms with E-state index in [-0.39, 0.29) is 0 Å². The van der Waals surface area contributed by atoms with Crippen LogP contribution >= 0.6 is 11.6 Å². The van der Waals surface area contributed by atoms with E-state index in [1.54, 1.807) is 0 Å². The number of likely N-dealkylation sites (N-methyl/N-ethyl adjacent to an activating group) is 1. The average Bonchev–Trinajstić information content (AvgIpc) is 2.71. The van der Waals surface area contributed by atoms with Crippen molar-refractivity contribution in [3.8, 4) is 0 Å². The van der Waals surface area contributed by atoms with Crippen LogP contribution in [0.3, 0.4) is 0 Å². The van der Waals surface area contributed by atoms with E-state index in [4.69, 9.17) is 17.3 Å². The van der Waals surface area contributed by atoms with E-state index < -0.39 is 0 Å². The minimum absolute atomic E-state index is 0.302. The van der Waals surface area contributed by atoms with Crippen LogP contribution < -0.4 is 5.73 Å². The Morgan fingerprint density at radius 2 is 2.17 bits per heavy atom. The van der Waals surface area contributed by atoms with Crippen molar-refractivity contribution < 1.29 is 0 Å². The second-order valence-corrected chi connectivity index (χ2v) is 5.17. The number of aryl methyl sites for hydroxylation is 1. The lowest BCUT2D eigenvalue weighted by molar-refractivity contribution is 0.298. The molecule has 1 aromatic carbocycles. The normalized spacial score (nSPS) is 13.4. The van der Waals surface area contributed by atoms with Gasteiger partial charge in [0.25, 0.3) is 0 Å². The molecule has 5 heteroatoms. The monoisotopic (exact) mass is 266 g/mol. The molecule has 2 aromatic rings. The van der Waals surface area contributed by atoms with Gasteiger partial charge in [0.05, 0.1) is 16.7 Å². The molecule has 1 heterocycles. The van der Waals surface area contributed by atoms with Gasteiger partial charge in [-0.15, -0.1) is 0 Å². The van der Waals surface area contributed by atoms with Crippen molar-refractivity contribution in [2.45, 2.75) is 12.5 Å². The molecule has 0 saturated heterocycles. The van der Waals surface area contributed by atoms with Crippen LogP contribution in [0.5, 0.6) is 0 Å². The zero-order chi connectivity index (χ0) is 13.3. The van der Waals surface area contributed by atoms with Gasteiger partial charge in [-0.25, -0.2) is 0 Å². The molecule has 0 aliphatic carbocycles. The predicted molar refractivity (Wildman–Crippen MR) is 76.0 cm³/mol. The summed E-state index contributed by atoms with van der Waals surface area (Å²) in [6, 6.07) is 4.43. The number of halogens is 1. The van der Waals surface area contributed by atoms with Crippen LogP contribution in [0.25, 0.3) is 10.9 Å². The van der Waals surface area contributed by atoms with Crippen LogP contribution in [0.2, 0.25) is 5.02 Å². The maximum Gasteiger partial charge on any atom is 0.0694 e.